The van der Waals surface area contributed by atoms with Gasteiger partial charge < -0.3 is 30.2 Å². The van der Waals surface area contributed by atoms with Crippen LogP contribution < -0.4 is 25.4 Å². The van der Waals surface area contributed by atoms with E-state index in [-0.39, 0.29) is 41.7 Å². The summed E-state index contributed by atoms with van der Waals surface area (Å²) in [5.74, 6) is -0.460. The fraction of sp³-hybridized carbons (Fsp3) is 0.282. The molecule has 0 saturated carbocycles. The molecule has 0 unspecified atom stereocenters. The van der Waals surface area contributed by atoms with Gasteiger partial charge in [0.05, 0.1) is 20.8 Å². The van der Waals surface area contributed by atoms with Gasteiger partial charge in [0.2, 0.25) is 0 Å². The number of benzene rings is 5. The Morgan fingerprint density at radius 1 is 0.702 bits per heavy atom. The molecule has 0 aliphatic carbocycles. The lowest BCUT2D eigenvalue weighted by molar-refractivity contribution is 0.0518. The highest BCUT2D eigenvalue weighted by Gasteiger charge is 2.25. The van der Waals surface area contributed by atoms with E-state index < -0.39 is 5.97 Å². The summed E-state index contributed by atoms with van der Waals surface area (Å²) < 4.78 is 16.2. The van der Waals surface area contributed by atoms with Gasteiger partial charge in [-0.05, 0) is 71.6 Å². The molecule has 2 atom stereocenters. The van der Waals surface area contributed by atoms with E-state index in [1.54, 1.807) is 19.1 Å². The molecule has 1 amide bonds. The molecule has 0 radical (unpaired) electrons. The van der Waals surface area contributed by atoms with Crippen molar-refractivity contribution >= 4 is 33.4 Å². The van der Waals surface area contributed by atoms with Gasteiger partial charge in [0.15, 0.2) is 0 Å². The average molecular weight is 634 g/mol. The minimum Gasteiger partial charge on any atom is -0.496 e. The second-order valence-electron chi connectivity index (χ2n) is 11.5. The van der Waals surface area contributed by atoms with Gasteiger partial charge in [-0.25, -0.2) is 4.79 Å². The Labute approximate surface area is 276 Å². The number of carbonyl (C=O) groups is 2. The highest BCUT2D eigenvalue weighted by atomic mass is 16.5. The van der Waals surface area contributed by atoms with E-state index in [0.717, 1.165) is 29.3 Å². The van der Waals surface area contributed by atoms with Crippen molar-refractivity contribution in [3.8, 4) is 11.5 Å². The summed E-state index contributed by atoms with van der Waals surface area (Å²) in [6, 6.07) is 32.4. The molecule has 0 aromatic heterocycles. The van der Waals surface area contributed by atoms with Gasteiger partial charge in [0.1, 0.15) is 17.1 Å². The van der Waals surface area contributed by atoms with E-state index >= 15 is 0 Å². The maximum atomic E-state index is 13.9. The second kappa shape index (κ2) is 16.1. The van der Waals surface area contributed by atoms with Crippen LogP contribution in [0.3, 0.4) is 0 Å². The summed E-state index contributed by atoms with van der Waals surface area (Å²) in [7, 11) is 4.85. The zero-order chi connectivity index (χ0) is 33.2. The first kappa shape index (κ1) is 33.4. The second-order valence-corrected chi connectivity index (χ2v) is 11.5. The number of hydrogen-bond acceptors (Lipinski definition) is 7. The van der Waals surface area contributed by atoms with Crippen molar-refractivity contribution in [3.05, 3.63) is 119 Å². The third-order valence-electron chi connectivity index (χ3n) is 8.38. The molecule has 47 heavy (non-hydrogen) atoms. The summed E-state index contributed by atoms with van der Waals surface area (Å²) >= 11 is 0. The van der Waals surface area contributed by atoms with Gasteiger partial charge >= 0.3 is 5.97 Å². The number of ether oxygens (including phenoxy) is 3. The smallest absolute Gasteiger partial charge is 0.345 e. The summed E-state index contributed by atoms with van der Waals surface area (Å²) in [5, 5.41) is 15.1. The molecule has 3 N–H and O–H groups in total. The van der Waals surface area contributed by atoms with E-state index in [0.29, 0.717) is 18.5 Å². The van der Waals surface area contributed by atoms with Crippen LogP contribution >= 0.6 is 0 Å². The van der Waals surface area contributed by atoms with E-state index in [1.807, 2.05) is 19.2 Å². The fourth-order valence-electron chi connectivity index (χ4n) is 6.13. The van der Waals surface area contributed by atoms with Crippen LogP contribution in [0.1, 0.15) is 38.8 Å². The Balaban J connectivity index is 1.42. The Hall–Kier alpha value is -4.92. The number of likely N-dealkylation sites (N-methyl/N-ethyl adjacent to an activating group) is 1. The van der Waals surface area contributed by atoms with Crippen molar-refractivity contribution in [3.63, 3.8) is 0 Å². The van der Waals surface area contributed by atoms with Crippen molar-refractivity contribution in [2.24, 2.45) is 0 Å². The molecule has 5 aromatic carbocycles. The van der Waals surface area contributed by atoms with Crippen LogP contribution in [0, 0.1) is 0 Å². The summed E-state index contributed by atoms with van der Waals surface area (Å²) in [4.78, 5) is 26.6. The standard InChI is InChI=1S/C39H43N3O5/c1-5-47-39(44)37-35(45-3)22-30(23-36(37)46-4)38(43)42-32(21-29-17-11-15-27-13-7-9-19-34(27)29)25-41-31(24-40-2)20-28-16-10-14-26-12-6-8-18-33(26)28/h6-19,22-23,31-32,40-41H,5,20-21,24-25H2,1-4H3,(H,42,43)/t31-,32-/m0/s1. The largest absolute Gasteiger partial charge is 0.496 e. The van der Waals surface area contributed by atoms with Crippen LogP contribution in [0.4, 0.5) is 0 Å². The molecule has 0 aliphatic rings. The zero-order valence-electron chi connectivity index (χ0n) is 27.5. The summed E-state index contributed by atoms with van der Waals surface area (Å²) in [6.45, 7) is 3.21. The van der Waals surface area contributed by atoms with Crippen LogP contribution in [0.2, 0.25) is 0 Å². The molecule has 0 spiro atoms. The first-order valence-electron chi connectivity index (χ1n) is 16.0. The van der Waals surface area contributed by atoms with Crippen LogP contribution in [-0.4, -0.2) is 64.9 Å². The summed E-state index contributed by atoms with van der Waals surface area (Å²) in [6.07, 6.45) is 1.43. The number of fused-ring (bicyclic) bond motifs is 2. The molecule has 8 heteroatoms. The molecular weight excluding hydrogens is 590 g/mol. The molecule has 244 valence electrons. The number of rotatable bonds is 15. The molecule has 8 nitrogen and oxygen atoms in total. The maximum absolute atomic E-state index is 13.9. The minimum atomic E-state index is -0.576. The molecule has 0 fully saturated rings. The molecule has 0 bridgehead atoms. The van der Waals surface area contributed by atoms with Crippen molar-refractivity contribution in [1.82, 2.24) is 16.0 Å². The predicted octanol–water partition coefficient (Wildman–Crippen LogP) is 5.95. The number of amides is 1. The molecule has 0 heterocycles. The quantitative estimate of drug-likeness (QED) is 0.123. The van der Waals surface area contributed by atoms with Crippen molar-refractivity contribution in [2.45, 2.75) is 31.8 Å². The first-order valence-corrected chi connectivity index (χ1v) is 16.0. The minimum absolute atomic E-state index is 0.113. The Kier molecular flexibility index (Phi) is 11.4. The topological polar surface area (TPSA) is 97.9 Å². The van der Waals surface area contributed by atoms with Gasteiger partial charge in [-0.15, -0.1) is 0 Å². The molecule has 5 rings (SSSR count). The van der Waals surface area contributed by atoms with E-state index in [1.165, 1.54) is 30.6 Å². The van der Waals surface area contributed by atoms with E-state index in [9.17, 15) is 9.59 Å². The maximum Gasteiger partial charge on any atom is 0.345 e. The van der Waals surface area contributed by atoms with Gasteiger partial charge in [0, 0.05) is 30.7 Å². The number of hydrogen-bond donors (Lipinski definition) is 3. The van der Waals surface area contributed by atoms with Gasteiger partial charge in [0.25, 0.3) is 5.91 Å². The van der Waals surface area contributed by atoms with Crippen LogP contribution in [-0.2, 0) is 17.6 Å². The highest BCUT2D eigenvalue weighted by Crippen LogP contribution is 2.31. The molecular formula is C39H43N3O5. The Bertz CT molecular complexity index is 1800. The van der Waals surface area contributed by atoms with Crippen LogP contribution in [0.15, 0.2) is 97.1 Å². The lowest BCUT2D eigenvalue weighted by atomic mass is 9.97. The first-order chi connectivity index (χ1) is 22.9. The number of carbonyl (C=O) groups excluding carboxylic acids is 2. The Morgan fingerprint density at radius 3 is 1.77 bits per heavy atom. The number of methoxy groups -OCH3 is 2. The lowest BCUT2D eigenvalue weighted by Crippen LogP contribution is -2.48. The van der Waals surface area contributed by atoms with E-state index in [2.05, 4.69) is 88.7 Å². The van der Waals surface area contributed by atoms with Crippen LogP contribution in [0.25, 0.3) is 21.5 Å². The van der Waals surface area contributed by atoms with E-state index in [4.69, 9.17) is 14.2 Å². The number of nitrogens with one attached hydrogen (secondary N) is 3. The fourth-order valence-corrected chi connectivity index (χ4v) is 6.13. The molecule has 0 saturated heterocycles. The van der Waals surface area contributed by atoms with Crippen molar-refractivity contribution in [1.29, 1.82) is 0 Å². The zero-order valence-corrected chi connectivity index (χ0v) is 27.5. The normalized spacial score (nSPS) is 12.4. The molecule has 5 aromatic rings. The third-order valence-corrected chi connectivity index (χ3v) is 8.38. The third kappa shape index (κ3) is 8.09. The van der Waals surface area contributed by atoms with Gasteiger partial charge in [-0.2, -0.15) is 0 Å². The highest BCUT2D eigenvalue weighted by molar-refractivity contribution is 6.01. The monoisotopic (exact) mass is 633 g/mol. The Morgan fingerprint density at radius 2 is 1.23 bits per heavy atom. The molecule has 0 aliphatic heterocycles. The lowest BCUT2D eigenvalue weighted by Gasteiger charge is -2.25. The van der Waals surface area contributed by atoms with Crippen molar-refractivity contribution < 1.29 is 23.8 Å². The SMILES string of the molecule is CCOC(=O)c1c(OC)cc(C(=O)N[C@H](CN[C@H](CNC)Cc2cccc3ccccc23)Cc2cccc3ccccc23)cc1OC. The van der Waals surface area contributed by atoms with Crippen LogP contribution in [0.5, 0.6) is 11.5 Å². The average Bonchev–Trinajstić information content (AvgIpc) is 3.10. The van der Waals surface area contributed by atoms with Gasteiger partial charge in [-0.3, -0.25) is 4.79 Å². The van der Waals surface area contributed by atoms with Crippen molar-refractivity contribution in [2.75, 3.05) is 41.0 Å². The van der Waals surface area contributed by atoms with Gasteiger partial charge in [-0.1, -0.05) is 84.9 Å². The predicted molar refractivity (Wildman–Crippen MR) is 188 cm³/mol. The summed E-state index contributed by atoms with van der Waals surface area (Å²) in [5.41, 5.74) is 2.87. The number of esters is 1.